The fourth-order valence-corrected chi connectivity index (χ4v) is 3.28. The third-order valence-corrected chi connectivity index (χ3v) is 4.80. The Kier molecular flexibility index (Phi) is 5.84. The van der Waals surface area contributed by atoms with Crippen LogP contribution in [0.15, 0.2) is 40.9 Å². The molecule has 2 aromatic carbocycles. The van der Waals surface area contributed by atoms with Crippen LogP contribution in [0.4, 0.5) is 4.39 Å². The van der Waals surface area contributed by atoms with Crippen molar-refractivity contribution in [3.8, 4) is 0 Å². The monoisotopic (exact) mass is 467 g/mol. The van der Waals surface area contributed by atoms with Gasteiger partial charge >= 0.3 is 0 Å². The summed E-state index contributed by atoms with van der Waals surface area (Å²) in [6.07, 6.45) is 0. The Morgan fingerprint density at radius 1 is 1.30 bits per heavy atom. The maximum Gasteiger partial charge on any atom is 0.142 e. The fraction of sp³-hybridized carbons (Fsp3) is 0.200. The first-order valence-corrected chi connectivity index (χ1v) is 8.41. The van der Waals surface area contributed by atoms with Gasteiger partial charge in [0.1, 0.15) is 5.82 Å². The van der Waals surface area contributed by atoms with Gasteiger partial charge < -0.3 is 5.32 Å². The highest BCUT2D eigenvalue weighted by Gasteiger charge is 2.20. The van der Waals surface area contributed by atoms with E-state index in [1.54, 1.807) is 12.1 Å². The smallest absolute Gasteiger partial charge is 0.142 e. The Bertz CT molecular complexity index is 619. The van der Waals surface area contributed by atoms with Crippen molar-refractivity contribution in [1.82, 2.24) is 5.32 Å². The second kappa shape index (κ2) is 7.20. The van der Waals surface area contributed by atoms with Crippen molar-refractivity contribution in [3.05, 3.63) is 66.4 Å². The summed E-state index contributed by atoms with van der Waals surface area (Å²) in [7, 11) is 0. The molecule has 1 atom stereocenters. The fourth-order valence-electron chi connectivity index (χ4n) is 2.07. The normalized spacial score (nSPS) is 12.4. The van der Waals surface area contributed by atoms with E-state index in [4.69, 9.17) is 11.6 Å². The maximum atomic E-state index is 14.4. The summed E-state index contributed by atoms with van der Waals surface area (Å²) >= 11 is 11.6. The van der Waals surface area contributed by atoms with E-state index in [0.717, 1.165) is 15.7 Å². The molecule has 0 bridgehead atoms. The molecule has 0 spiro atoms. The van der Waals surface area contributed by atoms with Gasteiger partial charge in [-0.2, -0.15) is 0 Å². The molecule has 0 aliphatic rings. The van der Waals surface area contributed by atoms with Crippen LogP contribution >= 0.6 is 50.1 Å². The second-order valence-corrected chi connectivity index (χ2v) is 6.75. The van der Waals surface area contributed by atoms with Crippen molar-refractivity contribution >= 4 is 50.1 Å². The number of benzene rings is 2. The molecule has 0 fully saturated rings. The average Bonchev–Trinajstić information content (AvgIpc) is 2.43. The van der Waals surface area contributed by atoms with Gasteiger partial charge in [-0.1, -0.05) is 30.7 Å². The largest absolute Gasteiger partial charge is 0.306 e. The minimum absolute atomic E-state index is 0.219. The molecule has 0 aliphatic carbocycles. The van der Waals surface area contributed by atoms with Gasteiger partial charge in [0.05, 0.1) is 10.5 Å². The van der Waals surface area contributed by atoms with Crippen molar-refractivity contribution < 1.29 is 4.39 Å². The van der Waals surface area contributed by atoms with Gasteiger partial charge in [-0.3, -0.25) is 0 Å². The molecule has 106 valence electrons. The van der Waals surface area contributed by atoms with E-state index in [1.165, 1.54) is 0 Å². The van der Waals surface area contributed by atoms with Crippen molar-refractivity contribution in [2.45, 2.75) is 13.0 Å². The van der Waals surface area contributed by atoms with Crippen molar-refractivity contribution in [3.63, 3.8) is 0 Å². The molecule has 0 saturated heterocycles. The van der Waals surface area contributed by atoms with E-state index in [2.05, 4.69) is 43.8 Å². The molecule has 5 heteroatoms. The van der Waals surface area contributed by atoms with Crippen LogP contribution in [-0.2, 0) is 0 Å². The first kappa shape index (κ1) is 16.2. The third kappa shape index (κ3) is 3.53. The first-order chi connectivity index (χ1) is 9.54. The Morgan fingerprint density at radius 2 is 2.05 bits per heavy atom. The molecule has 1 unspecified atom stereocenters. The van der Waals surface area contributed by atoms with Gasteiger partial charge in [0.15, 0.2) is 0 Å². The molecule has 0 radical (unpaired) electrons. The molecule has 1 nitrogen and oxygen atoms in total. The number of rotatable bonds is 4. The van der Waals surface area contributed by atoms with Gasteiger partial charge in [-0.15, -0.1) is 0 Å². The van der Waals surface area contributed by atoms with E-state index in [-0.39, 0.29) is 11.9 Å². The third-order valence-electron chi connectivity index (χ3n) is 2.97. The number of halogens is 4. The summed E-state index contributed by atoms with van der Waals surface area (Å²) in [6.45, 7) is 2.74. The summed E-state index contributed by atoms with van der Waals surface area (Å²) in [4.78, 5) is 0. The summed E-state index contributed by atoms with van der Waals surface area (Å²) in [5.74, 6) is -0.241. The lowest BCUT2D eigenvalue weighted by atomic mass is 9.98. The molecule has 1 N–H and O–H groups in total. The van der Waals surface area contributed by atoms with E-state index >= 15 is 0 Å². The quantitative estimate of drug-likeness (QED) is 0.581. The SMILES string of the molecule is CCNC(c1cc(Cl)ccc1I)c1cccc(Br)c1F. The van der Waals surface area contributed by atoms with Gasteiger partial charge in [-0.25, -0.2) is 4.39 Å². The highest BCUT2D eigenvalue weighted by atomic mass is 127. The summed E-state index contributed by atoms with van der Waals surface area (Å²) in [6, 6.07) is 10.8. The van der Waals surface area contributed by atoms with Crippen LogP contribution in [0.5, 0.6) is 0 Å². The molecule has 0 saturated carbocycles. The molecular weight excluding hydrogens is 455 g/mol. The number of nitrogens with one attached hydrogen (secondary N) is 1. The lowest BCUT2D eigenvalue weighted by Crippen LogP contribution is -2.24. The van der Waals surface area contributed by atoms with Crippen LogP contribution in [0.2, 0.25) is 5.02 Å². The predicted molar refractivity (Wildman–Crippen MR) is 93.8 cm³/mol. The molecule has 2 aromatic rings. The molecule has 0 aliphatic heterocycles. The van der Waals surface area contributed by atoms with Crippen molar-refractivity contribution in [2.24, 2.45) is 0 Å². The van der Waals surface area contributed by atoms with Crippen LogP contribution in [0.3, 0.4) is 0 Å². The highest BCUT2D eigenvalue weighted by Crippen LogP contribution is 2.32. The molecule has 0 amide bonds. The lowest BCUT2D eigenvalue weighted by Gasteiger charge is -2.21. The maximum absolute atomic E-state index is 14.4. The second-order valence-electron chi connectivity index (χ2n) is 4.30. The molecule has 0 heterocycles. The summed E-state index contributed by atoms with van der Waals surface area (Å²) in [5.41, 5.74) is 1.60. The van der Waals surface area contributed by atoms with Gasteiger partial charge in [0, 0.05) is 14.2 Å². The average molecular weight is 469 g/mol. The summed E-state index contributed by atoms with van der Waals surface area (Å²) in [5, 5.41) is 3.98. The Labute approximate surface area is 145 Å². The summed E-state index contributed by atoms with van der Waals surface area (Å²) < 4.78 is 15.9. The lowest BCUT2D eigenvalue weighted by molar-refractivity contribution is 0.554. The molecule has 0 aromatic heterocycles. The molecular formula is C15H13BrClFIN. The van der Waals surface area contributed by atoms with Crippen LogP contribution in [0.1, 0.15) is 24.1 Å². The molecule has 20 heavy (non-hydrogen) atoms. The zero-order valence-electron chi connectivity index (χ0n) is 10.8. The first-order valence-electron chi connectivity index (χ1n) is 6.16. The Balaban J connectivity index is 2.56. The Hall–Kier alpha value is -0.170. The number of hydrogen-bond donors (Lipinski definition) is 1. The van der Waals surface area contributed by atoms with Gasteiger partial charge in [0.25, 0.3) is 0 Å². The van der Waals surface area contributed by atoms with E-state index in [1.807, 2.05) is 31.2 Å². The predicted octanol–water partition coefficient (Wildman–Crippen LogP) is 5.55. The minimum atomic E-state index is -0.241. The Morgan fingerprint density at radius 3 is 2.75 bits per heavy atom. The topological polar surface area (TPSA) is 12.0 Å². The zero-order chi connectivity index (χ0) is 14.7. The van der Waals surface area contributed by atoms with Crippen molar-refractivity contribution in [1.29, 1.82) is 0 Å². The standard InChI is InChI=1S/C15H13BrClFIN/c1-2-20-15(10-4-3-5-12(16)14(10)18)11-8-9(17)6-7-13(11)19/h3-8,15,20H,2H2,1H3. The van der Waals surface area contributed by atoms with Crippen LogP contribution in [-0.4, -0.2) is 6.54 Å². The van der Waals surface area contributed by atoms with E-state index in [0.29, 0.717) is 15.1 Å². The zero-order valence-corrected chi connectivity index (χ0v) is 15.3. The minimum Gasteiger partial charge on any atom is -0.306 e. The van der Waals surface area contributed by atoms with Crippen LogP contribution in [0, 0.1) is 9.39 Å². The van der Waals surface area contributed by atoms with Crippen LogP contribution in [0.25, 0.3) is 0 Å². The van der Waals surface area contributed by atoms with Crippen LogP contribution < -0.4 is 5.32 Å². The van der Waals surface area contributed by atoms with E-state index < -0.39 is 0 Å². The molecule has 2 rings (SSSR count). The van der Waals surface area contributed by atoms with E-state index in [9.17, 15) is 4.39 Å². The van der Waals surface area contributed by atoms with Gasteiger partial charge in [-0.05, 0) is 74.9 Å². The highest BCUT2D eigenvalue weighted by molar-refractivity contribution is 14.1. The van der Waals surface area contributed by atoms with Crippen molar-refractivity contribution in [2.75, 3.05) is 6.54 Å². The van der Waals surface area contributed by atoms with Gasteiger partial charge in [0.2, 0.25) is 0 Å². The number of hydrogen-bond acceptors (Lipinski definition) is 1.